The Labute approximate surface area is 116 Å². The van der Waals surface area contributed by atoms with Crippen molar-refractivity contribution in [3.05, 3.63) is 29.8 Å². The molecule has 0 aromatic heterocycles. The third-order valence-corrected chi connectivity index (χ3v) is 3.21. The normalized spacial score (nSPS) is 10.4. The summed E-state index contributed by atoms with van der Waals surface area (Å²) in [5, 5.41) is 12.4. The van der Waals surface area contributed by atoms with Gasteiger partial charge in [0.15, 0.2) is 0 Å². The highest BCUT2D eigenvalue weighted by Crippen LogP contribution is 2.15. The van der Waals surface area contributed by atoms with Crippen LogP contribution in [0.25, 0.3) is 0 Å². The number of benzene rings is 1. The average molecular weight is 263 g/mol. The van der Waals surface area contributed by atoms with E-state index in [1.165, 1.54) is 38.2 Å². The molecule has 106 valence electrons. The average Bonchev–Trinajstić information content (AvgIpc) is 2.42. The minimum Gasteiger partial charge on any atom is -0.507 e. The lowest BCUT2D eigenvalue weighted by molar-refractivity contribution is 0.0950. The molecule has 0 aliphatic heterocycles. The molecule has 1 rings (SSSR count). The number of unbranched alkanes of at least 4 members (excludes halogenated alkanes) is 6. The number of carbonyl (C=O) groups excluding carboxylic acids is 1. The predicted molar refractivity (Wildman–Crippen MR) is 78.4 cm³/mol. The number of rotatable bonds is 9. The Morgan fingerprint density at radius 3 is 2.37 bits per heavy atom. The van der Waals surface area contributed by atoms with Crippen LogP contribution in [0, 0.1) is 0 Å². The third kappa shape index (κ3) is 6.27. The van der Waals surface area contributed by atoms with Gasteiger partial charge in [-0.1, -0.05) is 57.6 Å². The molecule has 0 saturated heterocycles. The smallest absolute Gasteiger partial charge is 0.255 e. The van der Waals surface area contributed by atoms with Crippen molar-refractivity contribution in [1.29, 1.82) is 0 Å². The van der Waals surface area contributed by atoms with E-state index in [0.717, 1.165) is 12.8 Å². The van der Waals surface area contributed by atoms with Crippen molar-refractivity contribution in [3.63, 3.8) is 0 Å². The number of nitrogens with one attached hydrogen (secondary N) is 1. The van der Waals surface area contributed by atoms with Crippen LogP contribution in [-0.4, -0.2) is 17.6 Å². The van der Waals surface area contributed by atoms with Gasteiger partial charge in [-0.05, 0) is 18.6 Å². The summed E-state index contributed by atoms with van der Waals surface area (Å²) in [5.41, 5.74) is 0.352. The van der Waals surface area contributed by atoms with Crippen LogP contribution in [0.4, 0.5) is 0 Å². The van der Waals surface area contributed by atoms with E-state index in [1.54, 1.807) is 18.2 Å². The van der Waals surface area contributed by atoms with Crippen LogP contribution >= 0.6 is 0 Å². The lowest BCUT2D eigenvalue weighted by Gasteiger charge is -2.06. The second kappa shape index (κ2) is 9.42. The fraction of sp³-hybridized carbons (Fsp3) is 0.562. The first kappa shape index (κ1) is 15.5. The van der Waals surface area contributed by atoms with Gasteiger partial charge in [-0.25, -0.2) is 0 Å². The van der Waals surface area contributed by atoms with Crippen LogP contribution in [-0.2, 0) is 0 Å². The second-order valence-corrected chi connectivity index (χ2v) is 4.89. The zero-order valence-corrected chi connectivity index (χ0v) is 11.8. The van der Waals surface area contributed by atoms with Crippen molar-refractivity contribution in [3.8, 4) is 5.75 Å². The Bertz CT molecular complexity index is 377. The first-order chi connectivity index (χ1) is 9.25. The van der Waals surface area contributed by atoms with Crippen LogP contribution in [0.15, 0.2) is 24.3 Å². The number of aromatic hydroxyl groups is 1. The lowest BCUT2D eigenvalue weighted by atomic mass is 10.1. The van der Waals surface area contributed by atoms with Crippen LogP contribution in [0.1, 0.15) is 62.2 Å². The molecule has 0 bridgehead atoms. The van der Waals surface area contributed by atoms with E-state index >= 15 is 0 Å². The highest BCUT2D eigenvalue weighted by molar-refractivity contribution is 5.96. The molecule has 1 amide bonds. The first-order valence-electron chi connectivity index (χ1n) is 7.32. The maximum atomic E-state index is 11.8. The fourth-order valence-corrected chi connectivity index (χ4v) is 2.04. The maximum absolute atomic E-state index is 11.8. The van der Waals surface area contributed by atoms with E-state index in [4.69, 9.17) is 0 Å². The van der Waals surface area contributed by atoms with E-state index in [0.29, 0.717) is 12.1 Å². The molecule has 0 radical (unpaired) electrons. The molecule has 1 aromatic rings. The Morgan fingerprint density at radius 1 is 1.05 bits per heavy atom. The SMILES string of the molecule is CCCCCCCCCNC(=O)c1ccccc1O. The number of hydrogen-bond donors (Lipinski definition) is 2. The maximum Gasteiger partial charge on any atom is 0.255 e. The van der Waals surface area contributed by atoms with E-state index in [9.17, 15) is 9.90 Å². The minimum atomic E-state index is -0.191. The molecule has 0 aliphatic rings. The van der Waals surface area contributed by atoms with Crippen molar-refractivity contribution in [2.24, 2.45) is 0 Å². The molecular formula is C16H25NO2. The van der Waals surface area contributed by atoms with Gasteiger partial charge < -0.3 is 10.4 Å². The van der Waals surface area contributed by atoms with Crippen molar-refractivity contribution in [1.82, 2.24) is 5.32 Å². The molecule has 0 saturated carbocycles. The van der Waals surface area contributed by atoms with Gasteiger partial charge in [0, 0.05) is 6.54 Å². The Morgan fingerprint density at radius 2 is 1.68 bits per heavy atom. The number of phenols is 1. The zero-order chi connectivity index (χ0) is 13.9. The number of para-hydroxylation sites is 1. The molecule has 0 aliphatic carbocycles. The summed E-state index contributed by atoms with van der Waals surface area (Å²) in [6.07, 6.45) is 8.62. The van der Waals surface area contributed by atoms with Crippen molar-refractivity contribution < 1.29 is 9.90 Å². The van der Waals surface area contributed by atoms with Gasteiger partial charge >= 0.3 is 0 Å². The quantitative estimate of drug-likeness (QED) is 0.664. The van der Waals surface area contributed by atoms with Gasteiger partial charge in [0.05, 0.1) is 5.56 Å². The van der Waals surface area contributed by atoms with Crippen LogP contribution < -0.4 is 5.32 Å². The van der Waals surface area contributed by atoms with Crippen LogP contribution in [0.2, 0.25) is 0 Å². The monoisotopic (exact) mass is 263 g/mol. The molecule has 0 spiro atoms. The molecule has 0 atom stereocenters. The van der Waals surface area contributed by atoms with E-state index < -0.39 is 0 Å². The lowest BCUT2D eigenvalue weighted by Crippen LogP contribution is -2.24. The number of hydrogen-bond acceptors (Lipinski definition) is 2. The highest BCUT2D eigenvalue weighted by atomic mass is 16.3. The highest BCUT2D eigenvalue weighted by Gasteiger charge is 2.08. The molecule has 3 nitrogen and oxygen atoms in total. The summed E-state index contributed by atoms with van der Waals surface area (Å²) >= 11 is 0. The van der Waals surface area contributed by atoms with Gasteiger partial charge in [0.2, 0.25) is 0 Å². The van der Waals surface area contributed by atoms with Crippen LogP contribution in [0.5, 0.6) is 5.75 Å². The van der Waals surface area contributed by atoms with E-state index in [1.807, 2.05) is 0 Å². The van der Waals surface area contributed by atoms with Gasteiger partial charge in [-0.15, -0.1) is 0 Å². The van der Waals surface area contributed by atoms with E-state index in [-0.39, 0.29) is 11.7 Å². The van der Waals surface area contributed by atoms with Crippen molar-refractivity contribution in [2.75, 3.05) is 6.54 Å². The topological polar surface area (TPSA) is 49.3 Å². The summed E-state index contributed by atoms with van der Waals surface area (Å²) in [4.78, 5) is 11.8. The molecule has 1 aromatic carbocycles. The summed E-state index contributed by atoms with van der Waals surface area (Å²) in [6, 6.07) is 6.63. The van der Waals surface area contributed by atoms with Crippen molar-refractivity contribution in [2.45, 2.75) is 51.9 Å². The molecule has 3 heteroatoms. The standard InChI is InChI=1S/C16H25NO2/c1-2-3-4-5-6-7-10-13-17-16(19)14-11-8-9-12-15(14)18/h8-9,11-12,18H,2-7,10,13H2,1H3,(H,17,19). The summed E-state index contributed by atoms with van der Waals surface area (Å²) in [5.74, 6) is -0.149. The third-order valence-electron chi connectivity index (χ3n) is 3.21. The van der Waals surface area contributed by atoms with Gasteiger partial charge in [-0.3, -0.25) is 4.79 Å². The summed E-state index contributed by atoms with van der Waals surface area (Å²) in [7, 11) is 0. The number of phenolic OH excluding ortho intramolecular Hbond substituents is 1. The molecule has 0 unspecified atom stereocenters. The number of amides is 1. The van der Waals surface area contributed by atoms with Gasteiger partial charge in [0.25, 0.3) is 5.91 Å². The van der Waals surface area contributed by atoms with Crippen molar-refractivity contribution >= 4 is 5.91 Å². The summed E-state index contributed by atoms with van der Waals surface area (Å²) < 4.78 is 0. The first-order valence-corrected chi connectivity index (χ1v) is 7.32. The minimum absolute atomic E-state index is 0.0413. The summed E-state index contributed by atoms with van der Waals surface area (Å²) in [6.45, 7) is 2.90. The molecule has 0 fully saturated rings. The number of carbonyl (C=O) groups is 1. The predicted octanol–water partition coefficient (Wildman–Crippen LogP) is 3.87. The Kier molecular flexibility index (Phi) is 7.71. The molecule has 0 heterocycles. The van der Waals surface area contributed by atoms with Crippen LogP contribution in [0.3, 0.4) is 0 Å². The second-order valence-electron chi connectivity index (χ2n) is 4.89. The Hall–Kier alpha value is -1.51. The molecule has 2 N–H and O–H groups in total. The fourth-order valence-electron chi connectivity index (χ4n) is 2.04. The van der Waals surface area contributed by atoms with Gasteiger partial charge in [-0.2, -0.15) is 0 Å². The molecular weight excluding hydrogens is 238 g/mol. The largest absolute Gasteiger partial charge is 0.507 e. The zero-order valence-electron chi connectivity index (χ0n) is 11.8. The Balaban J connectivity index is 2.10. The molecule has 19 heavy (non-hydrogen) atoms. The van der Waals surface area contributed by atoms with E-state index in [2.05, 4.69) is 12.2 Å². The van der Waals surface area contributed by atoms with Gasteiger partial charge in [0.1, 0.15) is 5.75 Å².